The zero-order valence-electron chi connectivity index (χ0n) is 11.0. The summed E-state index contributed by atoms with van der Waals surface area (Å²) < 4.78 is 13.1. The highest BCUT2D eigenvalue weighted by Crippen LogP contribution is 2.09. The first-order valence-electron chi connectivity index (χ1n) is 6.13. The van der Waals surface area contributed by atoms with Gasteiger partial charge in [-0.1, -0.05) is 12.1 Å². The number of carbonyl (C=O) groups excluding carboxylic acids is 1. The lowest BCUT2D eigenvalue weighted by Crippen LogP contribution is -2.22. The van der Waals surface area contributed by atoms with E-state index in [1.807, 2.05) is 6.07 Å². The van der Waals surface area contributed by atoms with Gasteiger partial charge in [-0.25, -0.2) is 4.39 Å². The summed E-state index contributed by atoms with van der Waals surface area (Å²) in [5.74, 6) is -0.578. The molecule has 2 aromatic carbocycles. The number of hydrogen-bond donors (Lipinski definition) is 1. The van der Waals surface area contributed by atoms with Gasteiger partial charge in [0.05, 0.1) is 11.6 Å². The van der Waals surface area contributed by atoms with E-state index in [2.05, 4.69) is 5.32 Å². The number of nitriles is 1. The van der Waals surface area contributed by atoms with Crippen LogP contribution in [0.5, 0.6) is 0 Å². The quantitative estimate of drug-likeness (QED) is 0.930. The minimum atomic E-state index is -0.325. The van der Waals surface area contributed by atoms with Crippen molar-refractivity contribution in [2.24, 2.45) is 0 Å². The van der Waals surface area contributed by atoms with Crippen molar-refractivity contribution in [1.82, 2.24) is 5.32 Å². The molecule has 0 heterocycles. The van der Waals surface area contributed by atoms with Crippen molar-refractivity contribution >= 4 is 5.91 Å². The fourth-order valence-corrected chi connectivity index (χ4v) is 1.77. The SMILES string of the molecule is Cc1cc(C(=O)NCc2ccc(C#N)cc2)ccc1F. The van der Waals surface area contributed by atoms with E-state index >= 15 is 0 Å². The van der Waals surface area contributed by atoms with E-state index in [-0.39, 0.29) is 11.7 Å². The molecule has 0 atom stereocenters. The third-order valence-corrected chi connectivity index (χ3v) is 2.96. The Balaban J connectivity index is 2.01. The zero-order chi connectivity index (χ0) is 14.5. The molecular formula is C16H13FN2O. The minimum Gasteiger partial charge on any atom is -0.348 e. The van der Waals surface area contributed by atoms with Gasteiger partial charge >= 0.3 is 0 Å². The lowest BCUT2D eigenvalue weighted by molar-refractivity contribution is 0.0951. The first-order chi connectivity index (χ1) is 9.60. The maximum atomic E-state index is 13.1. The Labute approximate surface area is 116 Å². The van der Waals surface area contributed by atoms with E-state index in [0.29, 0.717) is 23.2 Å². The van der Waals surface area contributed by atoms with Crippen LogP contribution in [0.25, 0.3) is 0 Å². The Morgan fingerprint density at radius 3 is 2.55 bits per heavy atom. The smallest absolute Gasteiger partial charge is 0.251 e. The van der Waals surface area contributed by atoms with Crippen LogP contribution in [0.1, 0.15) is 27.0 Å². The molecule has 1 amide bonds. The van der Waals surface area contributed by atoms with Crippen LogP contribution in [0.3, 0.4) is 0 Å². The predicted octanol–water partition coefficient (Wildman–Crippen LogP) is 2.94. The first-order valence-corrected chi connectivity index (χ1v) is 6.13. The maximum Gasteiger partial charge on any atom is 0.251 e. The number of amides is 1. The van der Waals surface area contributed by atoms with Crippen molar-refractivity contribution < 1.29 is 9.18 Å². The summed E-state index contributed by atoms with van der Waals surface area (Å²) in [5.41, 5.74) is 2.35. The van der Waals surface area contributed by atoms with Crippen LogP contribution < -0.4 is 5.32 Å². The van der Waals surface area contributed by atoms with E-state index < -0.39 is 0 Å². The summed E-state index contributed by atoms with van der Waals surface area (Å²) in [7, 11) is 0. The summed E-state index contributed by atoms with van der Waals surface area (Å²) in [6, 6.07) is 13.3. The number of carbonyl (C=O) groups is 1. The largest absolute Gasteiger partial charge is 0.348 e. The molecule has 0 saturated heterocycles. The fraction of sp³-hybridized carbons (Fsp3) is 0.125. The molecule has 0 unspecified atom stereocenters. The second-order valence-electron chi connectivity index (χ2n) is 4.46. The molecule has 0 aromatic heterocycles. The Morgan fingerprint density at radius 2 is 1.95 bits per heavy atom. The maximum absolute atomic E-state index is 13.1. The van der Waals surface area contributed by atoms with Gasteiger partial charge in [-0.15, -0.1) is 0 Å². The molecular weight excluding hydrogens is 255 g/mol. The summed E-state index contributed by atoms with van der Waals surface area (Å²) >= 11 is 0. The van der Waals surface area contributed by atoms with Gasteiger partial charge in [-0.2, -0.15) is 5.26 Å². The molecule has 0 aliphatic heterocycles. The topological polar surface area (TPSA) is 52.9 Å². The van der Waals surface area contributed by atoms with Crippen LogP contribution in [0, 0.1) is 24.1 Å². The van der Waals surface area contributed by atoms with Gasteiger partial charge in [0.15, 0.2) is 0 Å². The molecule has 3 nitrogen and oxygen atoms in total. The lowest BCUT2D eigenvalue weighted by Gasteiger charge is -2.06. The van der Waals surface area contributed by atoms with E-state index in [0.717, 1.165) is 5.56 Å². The number of nitrogens with one attached hydrogen (secondary N) is 1. The molecule has 0 spiro atoms. The van der Waals surface area contributed by atoms with Crippen molar-refractivity contribution in [2.45, 2.75) is 13.5 Å². The summed E-state index contributed by atoms with van der Waals surface area (Å²) in [6.07, 6.45) is 0. The number of hydrogen-bond acceptors (Lipinski definition) is 2. The molecule has 0 aliphatic carbocycles. The molecule has 1 N–H and O–H groups in total. The second kappa shape index (κ2) is 5.98. The number of rotatable bonds is 3. The van der Waals surface area contributed by atoms with Gasteiger partial charge in [-0.3, -0.25) is 4.79 Å². The standard InChI is InChI=1S/C16H13FN2O/c1-11-8-14(6-7-15(11)17)16(20)19-10-13-4-2-12(9-18)3-5-13/h2-8H,10H2,1H3,(H,19,20). The Kier molecular flexibility index (Phi) is 4.11. The number of benzene rings is 2. The third-order valence-electron chi connectivity index (χ3n) is 2.96. The van der Waals surface area contributed by atoms with Gasteiger partial charge < -0.3 is 5.32 Å². The van der Waals surface area contributed by atoms with Crippen LogP contribution in [0.15, 0.2) is 42.5 Å². The number of halogens is 1. The van der Waals surface area contributed by atoms with Crippen LogP contribution in [-0.2, 0) is 6.54 Å². The van der Waals surface area contributed by atoms with Crippen LogP contribution >= 0.6 is 0 Å². The summed E-state index contributed by atoms with van der Waals surface area (Å²) in [6.45, 7) is 1.98. The third kappa shape index (κ3) is 3.21. The molecule has 0 radical (unpaired) electrons. The predicted molar refractivity (Wildman–Crippen MR) is 73.5 cm³/mol. The van der Waals surface area contributed by atoms with E-state index in [1.165, 1.54) is 18.2 Å². The Bertz CT molecular complexity index is 672. The number of aryl methyl sites for hydroxylation is 1. The van der Waals surface area contributed by atoms with Gasteiger partial charge in [0, 0.05) is 12.1 Å². The summed E-state index contributed by atoms with van der Waals surface area (Å²) in [5, 5.41) is 11.4. The van der Waals surface area contributed by atoms with Gasteiger partial charge in [0.2, 0.25) is 0 Å². The van der Waals surface area contributed by atoms with Crippen molar-refractivity contribution in [3.63, 3.8) is 0 Å². The molecule has 2 rings (SSSR count). The van der Waals surface area contributed by atoms with E-state index in [1.54, 1.807) is 31.2 Å². The highest BCUT2D eigenvalue weighted by atomic mass is 19.1. The van der Waals surface area contributed by atoms with Gasteiger partial charge in [0.25, 0.3) is 5.91 Å². The normalized spacial score (nSPS) is 9.85. The first kappa shape index (κ1) is 13.8. The minimum absolute atomic E-state index is 0.252. The molecule has 100 valence electrons. The lowest BCUT2D eigenvalue weighted by atomic mass is 10.1. The van der Waals surface area contributed by atoms with Crippen molar-refractivity contribution in [1.29, 1.82) is 5.26 Å². The molecule has 0 fully saturated rings. The highest BCUT2D eigenvalue weighted by Gasteiger charge is 2.07. The number of nitrogens with zero attached hydrogens (tertiary/aromatic N) is 1. The average molecular weight is 268 g/mol. The molecule has 2 aromatic rings. The molecule has 0 bridgehead atoms. The Morgan fingerprint density at radius 1 is 1.25 bits per heavy atom. The van der Waals surface area contributed by atoms with Crippen molar-refractivity contribution in [3.05, 3.63) is 70.5 Å². The fourth-order valence-electron chi connectivity index (χ4n) is 1.77. The Hall–Kier alpha value is -2.67. The van der Waals surface area contributed by atoms with E-state index in [9.17, 15) is 9.18 Å². The highest BCUT2D eigenvalue weighted by molar-refractivity contribution is 5.94. The molecule has 20 heavy (non-hydrogen) atoms. The summed E-state index contributed by atoms with van der Waals surface area (Å²) in [4.78, 5) is 11.9. The average Bonchev–Trinajstić information content (AvgIpc) is 2.48. The van der Waals surface area contributed by atoms with E-state index in [4.69, 9.17) is 5.26 Å². The zero-order valence-corrected chi connectivity index (χ0v) is 11.0. The van der Waals surface area contributed by atoms with Crippen molar-refractivity contribution in [2.75, 3.05) is 0 Å². The molecule has 4 heteroatoms. The van der Waals surface area contributed by atoms with Crippen LogP contribution in [0.4, 0.5) is 4.39 Å². The monoisotopic (exact) mass is 268 g/mol. The molecule has 0 aliphatic rings. The second-order valence-corrected chi connectivity index (χ2v) is 4.46. The van der Waals surface area contributed by atoms with Crippen molar-refractivity contribution in [3.8, 4) is 6.07 Å². The van der Waals surface area contributed by atoms with Gasteiger partial charge in [0.1, 0.15) is 5.82 Å². The van der Waals surface area contributed by atoms with Crippen LogP contribution in [-0.4, -0.2) is 5.91 Å². The molecule has 0 saturated carbocycles. The van der Waals surface area contributed by atoms with Gasteiger partial charge in [-0.05, 0) is 48.4 Å². The van der Waals surface area contributed by atoms with Crippen LogP contribution in [0.2, 0.25) is 0 Å².